The van der Waals surface area contributed by atoms with E-state index in [4.69, 9.17) is 5.26 Å². The number of phenols is 1. The third kappa shape index (κ3) is 4.88. The molecule has 5 nitrogen and oxygen atoms in total. The molecule has 0 aliphatic rings. The van der Waals surface area contributed by atoms with Gasteiger partial charge in [-0.15, -0.1) is 13.2 Å². The number of carbonyl (C=O) groups excluding carboxylic acids is 1. The van der Waals surface area contributed by atoms with Gasteiger partial charge in [0, 0.05) is 31.0 Å². The third-order valence-electron chi connectivity index (χ3n) is 2.57. The Bertz CT molecular complexity index is 590. The van der Waals surface area contributed by atoms with Crippen molar-refractivity contribution in [3.05, 3.63) is 61.3 Å². The number of aromatic hydroxyl groups is 1. The fourth-order valence-electron chi connectivity index (χ4n) is 1.62. The van der Waals surface area contributed by atoms with Gasteiger partial charge in [0.25, 0.3) is 5.91 Å². The molecule has 0 aliphatic heterocycles. The maximum absolute atomic E-state index is 12.2. The summed E-state index contributed by atoms with van der Waals surface area (Å²) in [7, 11) is 0. The van der Waals surface area contributed by atoms with Crippen molar-refractivity contribution in [2.24, 2.45) is 0 Å². The van der Waals surface area contributed by atoms with Crippen LogP contribution in [0.25, 0.3) is 0 Å². The zero-order valence-corrected chi connectivity index (χ0v) is 11.6. The summed E-state index contributed by atoms with van der Waals surface area (Å²) in [5.41, 5.74) is 0.539. The van der Waals surface area contributed by atoms with Crippen LogP contribution in [0.5, 0.6) is 5.75 Å². The SMILES string of the molecule is C=CCN(CC=C)C(=O)/C(C#N)=C\Nc1cccc(O)c1. The molecule has 0 saturated heterocycles. The second-order valence-electron chi connectivity index (χ2n) is 4.15. The summed E-state index contributed by atoms with van der Waals surface area (Å²) in [5, 5.41) is 21.3. The van der Waals surface area contributed by atoms with Crippen molar-refractivity contribution >= 4 is 11.6 Å². The second kappa shape index (κ2) is 8.23. The van der Waals surface area contributed by atoms with Gasteiger partial charge in [0.2, 0.25) is 0 Å². The van der Waals surface area contributed by atoms with Crippen molar-refractivity contribution in [3.8, 4) is 11.8 Å². The van der Waals surface area contributed by atoms with E-state index in [1.807, 2.05) is 6.07 Å². The summed E-state index contributed by atoms with van der Waals surface area (Å²) in [6.07, 6.45) is 4.48. The Kier molecular flexibility index (Phi) is 6.29. The zero-order valence-electron chi connectivity index (χ0n) is 11.6. The monoisotopic (exact) mass is 283 g/mol. The fourth-order valence-corrected chi connectivity index (χ4v) is 1.62. The molecule has 1 aromatic rings. The summed E-state index contributed by atoms with van der Waals surface area (Å²) in [4.78, 5) is 13.6. The van der Waals surface area contributed by atoms with Crippen molar-refractivity contribution in [3.63, 3.8) is 0 Å². The molecule has 0 aliphatic carbocycles. The van der Waals surface area contributed by atoms with Gasteiger partial charge < -0.3 is 15.3 Å². The van der Waals surface area contributed by atoms with E-state index in [0.29, 0.717) is 18.8 Å². The molecule has 0 unspecified atom stereocenters. The topological polar surface area (TPSA) is 76.4 Å². The normalized spacial score (nSPS) is 10.3. The number of amides is 1. The Morgan fingerprint density at radius 3 is 2.57 bits per heavy atom. The van der Waals surface area contributed by atoms with E-state index < -0.39 is 5.91 Å². The van der Waals surface area contributed by atoms with Gasteiger partial charge in [0.1, 0.15) is 17.4 Å². The Labute approximate surface area is 124 Å². The summed E-state index contributed by atoms with van der Waals surface area (Å²) in [6, 6.07) is 8.24. The van der Waals surface area contributed by atoms with Gasteiger partial charge in [-0.25, -0.2) is 0 Å². The smallest absolute Gasteiger partial charge is 0.266 e. The molecule has 0 atom stereocenters. The first-order valence-electron chi connectivity index (χ1n) is 6.29. The Hall–Kier alpha value is -3.00. The average molecular weight is 283 g/mol. The Balaban J connectivity index is 2.87. The number of nitriles is 1. The van der Waals surface area contributed by atoms with E-state index >= 15 is 0 Å². The summed E-state index contributed by atoms with van der Waals surface area (Å²) in [5.74, 6) is -0.317. The molecule has 0 aromatic heterocycles. The lowest BCUT2D eigenvalue weighted by molar-refractivity contribution is -0.125. The van der Waals surface area contributed by atoms with Crippen molar-refractivity contribution < 1.29 is 9.90 Å². The summed E-state index contributed by atoms with van der Waals surface area (Å²) < 4.78 is 0. The number of benzene rings is 1. The predicted octanol–water partition coefficient (Wildman–Crippen LogP) is 2.41. The number of carbonyl (C=O) groups is 1. The summed E-state index contributed by atoms with van der Waals surface area (Å²) in [6.45, 7) is 7.82. The first-order valence-corrected chi connectivity index (χ1v) is 6.29. The first kappa shape index (κ1) is 16.1. The van der Waals surface area contributed by atoms with E-state index in [1.165, 1.54) is 23.2 Å². The molecule has 1 rings (SSSR count). The van der Waals surface area contributed by atoms with E-state index in [0.717, 1.165) is 0 Å². The lowest BCUT2D eigenvalue weighted by Gasteiger charge is -2.18. The molecule has 0 radical (unpaired) electrons. The minimum Gasteiger partial charge on any atom is -0.508 e. The molecule has 108 valence electrons. The maximum Gasteiger partial charge on any atom is 0.266 e. The fraction of sp³-hybridized carbons (Fsp3) is 0.125. The molecule has 0 bridgehead atoms. The van der Waals surface area contributed by atoms with Gasteiger partial charge in [-0.3, -0.25) is 4.79 Å². The molecule has 2 N–H and O–H groups in total. The minimum atomic E-state index is -0.412. The summed E-state index contributed by atoms with van der Waals surface area (Å²) >= 11 is 0. The van der Waals surface area contributed by atoms with Crippen LogP contribution >= 0.6 is 0 Å². The molecular formula is C16H17N3O2. The number of hydrogen-bond acceptors (Lipinski definition) is 4. The number of hydrogen-bond donors (Lipinski definition) is 2. The molecule has 0 fully saturated rings. The van der Waals surface area contributed by atoms with Crippen molar-refractivity contribution in [1.29, 1.82) is 5.26 Å². The number of phenolic OH excluding ortho intramolecular Hbond substituents is 1. The largest absolute Gasteiger partial charge is 0.508 e. The molecule has 0 saturated carbocycles. The van der Waals surface area contributed by atoms with Crippen LogP contribution in [0.3, 0.4) is 0 Å². The molecule has 0 spiro atoms. The van der Waals surface area contributed by atoms with Gasteiger partial charge in [0.15, 0.2) is 0 Å². The van der Waals surface area contributed by atoms with Crippen LogP contribution in [0.2, 0.25) is 0 Å². The standard InChI is InChI=1S/C16H17N3O2/c1-3-8-19(9-4-2)16(21)13(11-17)12-18-14-6-5-7-15(20)10-14/h3-7,10,12,18,20H,1-2,8-9H2/b13-12-. The molecule has 0 heterocycles. The zero-order chi connectivity index (χ0) is 15.7. The van der Waals surface area contributed by atoms with Crippen molar-refractivity contribution in [1.82, 2.24) is 4.90 Å². The van der Waals surface area contributed by atoms with Crippen LogP contribution in [0.4, 0.5) is 5.69 Å². The predicted molar refractivity (Wildman–Crippen MR) is 82.4 cm³/mol. The Morgan fingerprint density at radius 1 is 1.38 bits per heavy atom. The highest BCUT2D eigenvalue weighted by Crippen LogP contribution is 2.15. The van der Waals surface area contributed by atoms with E-state index in [9.17, 15) is 9.90 Å². The van der Waals surface area contributed by atoms with Gasteiger partial charge in [-0.2, -0.15) is 5.26 Å². The second-order valence-corrected chi connectivity index (χ2v) is 4.15. The highest BCUT2D eigenvalue weighted by Gasteiger charge is 2.15. The molecule has 1 amide bonds. The van der Waals surface area contributed by atoms with Crippen molar-refractivity contribution in [2.75, 3.05) is 18.4 Å². The average Bonchev–Trinajstić information content (AvgIpc) is 2.47. The molecule has 1 aromatic carbocycles. The number of nitrogens with zero attached hydrogens (tertiary/aromatic N) is 2. The van der Waals surface area contributed by atoms with Crippen molar-refractivity contribution in [2.45, 2.75) is 0 Å². The highest BCUT2D eigenvalue weighted by atomic mass is 16.3. The quantitative estimate of drug-likeness (QED) is 0.458. The maximum atomic E-state index is 12.2. The number of anilines is 1. The van der Waals surface area contributed by atoms with Crippen LogP contribution in [-0.2, 0) is 4.79 Å². The van der Waals surface area contributed by atoms with Gasteiger partial charge >= 0.3 is 0 Å². The van der Waals surface area contributed by atoms with Crippen LogP contribution in [0, 0.1) is 11.3 Å². The molecular weight excluding hydrogens is 266 g/mol. The van der Waals surface area contributed by atoms with Gasteiger partial charge in [-0.05, 0) is 12.1 Å². The van der Waals surface area contributed by atoms with Crippen LogP contribution < -0.4 is 5.32 Å². The van der Waals surface area contributed by atoms with Gasteiger partial charge in [-0.1, -0.05) is 18.2 Å². The third-order valence-corrected chi connectivity index (χ3v) is 2.57. The lowest BCUT2D eigenvalue weighted by Crippen LogP contribution is -2.32. The Morgan fingerprint density at radius 2 is 2.05 bits per heavy atom. The van der Waals surface area contributed by atoms with E-state index in [2.05, 4.69) is 18.5 Å². The number of rotatable bonds is 7. The number of nitrogens with one attached hydrogen (secondary N) is 1. The molecule has 5 heteroatoms. The minimum absolute atomic E-state index is 0.0398. The van der Waals surface area contributed by atoms with Crippen LogP contribution in [0.15, 0.2) is 61.3 Å². The highest BCUT2D eigenvalue weighted by molar-refractivity contribution is 5.97. The lowest BCUT2D eigenvalue weighted by atomic mass is 10.2. The first-order chi connectivity index (χ1) is 10.1. The van der Waals surface area contributed by atoms with E-state index in [1.54, 1.807) is 24.3 Å². The van der Waals surface area contributed by atoms with Gasteiger partial charge in [0.05, 0.1) is 0 Å². The van der Waals surface area contributed by atoms with Crippen LogP contribution in [0.1, 0.15) is 0 Å². The van der Waals surface area contributed by atoms with E-state index in [-0.39, 0.29) is 11.3 Å². The van der Waals surface area contributed by atoms with Crippen LogP contribution in [-0.4, -0.2) is 29.0 Å². The molecule has 21 heavy (non-hydrogen) atoms.